The third-order valence-electron chi connectivity index (χ3n) is 4.47. The van der Waals surface area contributed by atoms with Crippen LogP contribution < -0.4 is 10.1 Å². The van der Waals surface area contributed by atoms with Crippen molar-refractivity contribution in [2.24, 2.45) is 0 Å². The van der Waals surface area contributed by atoms with E-state index < -0.39 is 18.1 Å². The predicted octanol–water partition coefficient (Wildman–Crippen LogP) is 4.00. The first-order valence-electron chi connectivity index (χ1n) is 8.64. The van der Waals surface area contributed by atoms with E-state index in [1.807, 2.05) is 28.8 Å². The van der Waals surface area contributed by atoms with Crippen LogP contribution in [0.2, 0.25) is 0 Å². The van der Waals surface area contributed by atoms with Crippen molar-refractivity contribution >= 4 is 17.4 Å². The Bertz CT molecular complexity index is 1000. The molecule has 0 saturated carbocycles. The minimum atomic E-state index is -4.79. The van der Waals surface area contributed by atoms with Gasteiger partial charge in [-0.25, -0.2) is 4.79 Å². The summed E-state index contributed by atoms with van der Waals surface area (Å²) in [5.41, 5.74) is 0.894. The van der Waals surface area contributed by atoms with Gasteiger partial charge in [0.15, 0.2) is 11.5 Å². The summed E-state index contributed by atoms with van der Waals surface area (Å²) in [6.45, 7) is 0.511. The van der Waals surface area contributed by atoms with Crippen LogP contribution in [0.25, 0.3) is 5.65 Å². The second-order valence-electron chi connectivity index (χ2n) is 6.34. The number of benzene rings is 1. The highest BCUT2D eigenvalue weighted by molar-refractivity contribution is 5.90. The van der Waals surface area contributed by atoms with Crippen LogP contribution in [0.15, 0.2) is 48.7 Å². The number of hydrogen-bond donors (Lipinski definition) is 1. The fraction of sp³-hybridized carbons (Fsp3) is 0.278. The van der Waals surface area contributed by atoms with Crippen molar-refractivity contribution in [3.8, 4) is 5.75 Å². The smallest absolute Gasteiger partial charge is 0.406 e. The van der Waals surface area contributed by atoms with Crippen LogP contribution in [0.1, 0.15) is 24.7 Å². The zero-order valence-electron chi connectivity index (χ0n) is 14.6. The molecule has 1 aromatic carbocycles. The number of halogens is 3. The van der Waals surface area contributed by atoms with Crippen LogP contribution in [-0.2, 0) is 0 Å². The van der Waals surface area contributed by atoms with Gasteiger partial charge in [0.1, 0.15) is 5.75 Å². The lowest BCUT2D eigenvalue weighted by molar-refractivity contribution is -0.274. The van der Waals surface area contributed by atoms with E-state index >= 15 is 0 Å². The average Bonchev–Trinajstić information content (AvgIpc) is 3.27. The maximum absolute atomic E-state index is 12.7. The Morgan fingerprint density at radius 1 is 1.18 bits per heavy atom. The Morgan fingerprint density at radius 3 is 2.86 bits per heavy atom. The van der Waals surface area contributed by atoms with Gasteiger partial charge in [-0.05, 0) is 37.1 Å². The van der Waals surface area contributed by atoms with Gasteiger partial charge < -0.3 is 15.0 Å². The Hall–Kier alpha value is -3.30. The molecule has 0 spiro atoms. The average molecular weight is 391 g/mol. The van der Waals surface area contributed by atoms with Crippen LogP contribution in [0.3, 0.4) is 0 Å². The van der Waals surface area contributed by atoms with Gasteiger partial charge >= 0.3 is 12.4 Å². The fourth-order valence-corrected chi connectivity index (χ4v) is 3.33. The maximum atomic E-state index is 12.7. The molecule has 146 valence electrons. The van der Waals surface area contributed by atoms with Crippen LogP contribution in [-0.4, -0.2) is 38.4 Å². The van der Waals surface area contributed by atoms with Crippen molar-refractivity contribution in [2.75, 3.05) is 11.9 Å². The van der Waals surface area contributed by atoms with Gasteiger partial charge in [0.25, 0.3) is 0 Å². The van der Waals surface area contributed by atoms with E-state index in [4.69, 9.17) is 0 Å². The van der Waals surface area contributed by atoms with Crippen LogP contribution in [0.4, 0.5) is 23.7 Å². The molecule has 0 bridgehead atoms. The molecule has 1 aliphatic rings. The second kappa shape index (κ2) is 7.02. The zero-order chi connectivity index (χ0) is 19.7. The molecule has 1 N–H and O–H groups in total. The molecule has 28 heavy (non-hydrogen) atoms. The Labute approximate surface area is 157 Å². The summed E-state index contributed by atoms with van der Waals surface area (Å²) in [6, 6.07) is 10.0. The van der Waals surface area contributed by atoms with Crippen LogP contribution in [0, 0.1) is 0 Å². The molecular formula is C18H16F3N5O2. The number of aromatic nitrogens is 3. The molecule has 0 radical (unpaired) electrons. The Kier molecular flexibility index (Phi) is 4.54. The summed E-state index contributed by atoms with van der Waals surface area (Å²) in [5.74, 6) is 0.254. The number of amides is 2. The molecule has 3 heterocycles. The second-order valence-corrected chi connectivity index (χ2v) is 6.34. The number of urea groups is 1. The summed E-state index contributed by atoms with van der Waals surface area (Å²) in [6.07, 6.45) is -1.45. The first-order valence-corrected chi connectivity index (χ1v) is 8.64. The molecule has 1 saturated heterocycles. The number of nitrogens with one attached hydrogen (secondary N) is 1. The summed E-state index contributed by atoms with van der Waals surface area (Å²) < 4.78 is 42.9. The molecule has 10 heteroatoms. The minimum Gasteiger partial charge on any atom is -0.406 e. The summed E-state index contributed by atoms with van der Waals surface area (Å²) in [4.78, 5) is 14.4. The number of anilines is 1. The molecule has 3 aromatic rings. The third-order valence-corrected chi connectivity index (χ3v) is 4.47. The van der Waals surface area contributed by atoms with Gasteiger partial charge in [0.05, 0.1) is 6.04 Å². The first-order chi connectivity index (χ1) is 13.4. The molecular weight excluding hydrogens is 375 g/mol. The minimum absolute atomic E-state index is 0.212. The van der Waals surface area contributed by atoms with Gasteiger partial charge in [-0.15, -0.1) is 23.4 Å². The number of fused-ring (bicyclic) bond motifs is 1. The van der Waals surface area contributed by atoms with Crippen molar-refractivity contribution in [3.05, 3.63) is 54.5 Å². The number of hydrogen-bond acceptors (Lipinski definition) is 4. The quantitative estimate of drug-likeness (QED) is 0.733. The Morgan fingerprint density at radius 2 is 2.04 bits per heavy atom. The number of nitrogens with zero attached hydrogens (tertiary/aromatic N) is 4. The number of carbonyl (C=O) groups is 1. The number of pyridine rings is 1. The van der Waals surface area contributed by atoms with Crippen molar-refractivity contribution in [1.29, 1.82) is 0 Å². The topological polar surface area (TPSA) is 71.8 Å². The van der Waals surface area contributed by atoms with E-state index in [1.54, 1.807) is 4.90 Å². The molecule has 0 aliphatic carbocycles. The maximum Gasteiger partial charge on any atom is 0.573 e. The number of rotatable bonds is 3. The molecule has 1 unspecified atom stereocenters. The van der Waals surface area contributed by atoms with Crippen molar-refractivity contribution in [2.45, 2.75) is 25.2 Å². The van der Waals surface area contributed by atoms with Gasteiger partial charge in [-0.1, -0.05) is 12.1 Å². The third kappa shape index (κ3) is 3.71. The molecule has 2 amide bonds. The van der Waals surface area contributed by atoms with Crippen molar-refractivity contribution in [1.82, 2.24) is 19.5 Å². The lowest BCUT2D eigenvalue weighted by atomic mass is 10.2. The molecule has 1 fully saturated rings. The molecule has 1 aliphatic heterocycles. The summed E-state index contributed by atoms with van der Waals surface area (Å²) >= 11 is 0. The molecule has 7 nitrogen and oxygen atoms in total. The first kappa shape index (κ1) is 18.1. The van der Waals surface area contributed by atoms with Gasteiger partial charge in [-0.2, -0.15) is 0 Å². The summed E-state index contributed by atoms with van der Waals surface area (Å²) in [7, 11) is 0. The van der Waals surface area contributed by atoms with Crippen LogP contribution >= 0.6 is 0 Å². The Balaban J connectivity index is 1.52. The fourth-order valence-electron chi connectivity index (χ4n) is 3.33. The van der Waals surface area contributed by atoms with Gasteiger partial charge in [0, 0.05) is 24.5 Å². The van der Waals surface area contributed by atoms with Gasteiger partial charge in [0.2, 0.25) is 0 Å². The highest BCUT2D eigenvalue weighted by Crippen LogP contribution is 2.32. The largest absolute Gasteiger partial charge is 0.573 e. The van der Waals surface area contributed by atoms with Crippen molar-refractivity contribution < 1.29 is 22.7 Å². The highest BCUT2D eigenvalue weighted by atomic mass is 19.4. The van der Waals surface area contributed by atoms with E-state index in [0.29, 0.717) is 18.0 Å². The van der Waals surface area contributed by atoms with Crippen molar-refractivity contribution in [3.63, 3.8) is 0 Å². The normalized spacial score (nSPS) is 17.1. The lowest BCUT2D eigenvalue weighted by Crippen LogP contribution is -2.35. The SMILES string of the molecule is O=C(Nc1cccc(OC(F)(F)F)c1)N1CCCC1c1nnc2ccccn12. The van der Waals surface area contributed by atoms with E-state index in [1.165, 1.54) is 18.2 Å². The number of likely N-dealkylation sites (tertiary alicyclic amines) is 1. The zero-order valence-corrected chi connectivity index (χ0v) is 14.6. The predicted molar refractivity (Wildman–Crippen MR) is 93.8 cm³/mol. The monoisotopic (exact) mass is 391 g/mol. The van der Waals surface area contributed by atoms with E-state index in [9.17, 15) is 18.0 Å². The number of carbonyl (C=O) groups excluding carboxylic acids is 1. The highest BCUT2D eigenvalue weighted by Gasteiger charge is 2.34. The number of ether oxygens (including phenoxy) is 1. The molecule has 2 aromatic heterocycles. The van der Waals surface area contributed by atoms with E-state index in [2.05, 4.69) is 20.3 Å². The number of alkyl halides is 3. The molecule has 4 rings (SSSR count). The van der Waals surface area contributed by atoms with E-state index in [-0.39, 0.29) is 11.7 Å². The summed E-state index contributed by atoms with van der Waals surface area (Å²) in [5, 5.41) is 11.0. The lowest BCUT2D eigenvalue weighted by Gasteiger charge is -2.24. The van der Waals surface area contributed by atoms with Crippen LogP contribution in [0.5, 0.6) is 5.75 Å². The van der Waals surface area contributed by atoms with E-state index in [0.717, 1.165) is 18.9 Å². The standard InChI is InChI=1S/C18H16F3N5O2/c19-18(20,21)28-13-6-3-5-12(11-13)22-17(27)25-10-4-7-14(25)16-24-23-15-8-1-2-9-26(15)16/h1-3,5-6,8-9,11,14H,4,7,10H2,(H,22,27). The molecule has 1 atom stereocenters. The van der Waals surface area contributed by atoms with Gasteiger partial charge in [-0.3, -0.25) is 4.40 Å².